The molecule has 7 nitrogen and oxygen atoms in total. The van der Waals surface area contributed by atoms with Gasteiger partial charge in [-0.2, -0.15) is 0 Å². The van der Waals surface area contributed by atoms with Crippen LogP contribution in [0.15, 0.2) is 65.1 Å². The number of rotatable bonds is 10. The summed E-state index contributed by atoms with van der Waals surface area (Å²) in [7, 11) is 1.59. The first-order valence-electron chi connectivity index (χ1n) is 11.2. The number of aryl methyl sites for hydroxylation is 2. The fourth-order valence-electron chi connectivity index (χ4n) is 3.62. The Kier molecular flexibility index (Phi) is 9.19. The lowest BCUT2D eigenvalue weighted by Crippen LogP contribution is -2.38. The molecule has 2 amide bonds. The van der Waals surface area contributed by atoms with E-state index in [0.717, 1.165) is 33.4 Å². The van der Waals surface area contributed by atoms with Crippen molar-refractivity contribution in [3.8, 4) is 5.75 Å². The summed E-state index contributed by atoms with van der Waals surface area (Å²) in [5.41, 5.74) is 3.39. The second kappa shape index (κ2) is 12.3. The van der Waals surface area contributed by atoms with Crippen molar-refractivity contribution in [2.75, 3.05) is 30.4 Å². The zero-order chi connectivity index (χ0) is 26.2. The van der Waals surface area contributed by atoms with E-state index >= 15 is 0 Å². The molecular formula is C27H27BrFN3O4. The quantitative estimate of drug-likeness (QED) is 0.355. The van der Waals surface area contributed by atoms with Gasteiger partial charge in [0.05, 0.1) is 18.7 Å². The van der Waals surface area contributed by atoms with Crippen LogP contribution in [0.25, 0.3) is 0 Å². The molecule has 3 rings (SSSR count). The van der Waals surface area contributed by atoms with Gasteiger partial charge in [-0.25, -0.2) is 4.39 Å². The van der Waals surface area contributed by atoms with Crippen molar-refractivity contribution in [1.82, 2.24) is 5.32 Å². The van der Waals surface area contributed by atoms with Crippen molar-refractivity contribution in [2.45, 2.75) is 20.0 Å². The summed E-state index contributed by atoms with van der Waals surface area (Å²) >= 11 is 3.45. The number of anilines is 2. The average molecular weight is 556 g/mol. The number of nitrogens with zero attached hydrogens (tertiary/aromatic N) is 1. The number of carbonyl (C=O) groups excluding carboxylic acids is 3. The molecule has 188 valence electrons. The van der Waals surface area contributed by atoms with Crippen LogP contribution in [0.1, 0.15) is 21.5 Å². The number of para-hydroxylation sites is 1. The number of hydrogen-bond acceptors (Lipinski definition) is 5. The smallest absolute Gasteiger partial charge is 0.255 e. The monoisotopic (exact) mass is 555 g/mol. The van der Waals surface area contributed by atoms with Gasteiger partial charge in [-0.1, -0.05) is 34.1 Å². The minimum absolute atomic E-state index is 0.0286. The van der Waals surface area contributed by atoms with E-state index in [4.69, 9.17) is 4.74 Å². The minimum Gasteiger partial charge on any atom is -0.480 e. The summed E-state index contributed by atoms with van der Waals surface area (Å²) < 4.78 is 20.7. The highest BCUT2D eigenvalue weighted by Gasteiger charge is 2.20. The summed E-state index contributed by atoms with van der Waals surface area (Å²) in [6.07, 6.45) is -0.338. The number of amides is 2. The molecule has 3 aromatic carbocycles. The van der Waals surface area contributed by atoms with Gasteiger partial charge in [0.1, 0.15) is 11.6 Å². The van der Waals surface area contributed by atoms with Crippen LogP contribution < -0.4 is 20.3 Å². The fraction of sp³-hybridized carbons (Fsp3) is 0.222. The van der Waals surface area contributed by atoms with Gasteiger partial charge in [0.2, 0.25) is 5.91 Å². The number of nitrogens with one attached hydrogen (secondary N) is 2. The SMILES string of the molecule is Cc1cc(Br)cc(C)c1NC[C@H](C=O)Oc1ccc(F)cc1C(=O)NCC(=O)N(C)c1ccccc1. The first-order chi connectivity index (χ1) is 17.2. The van der Waals surface area contributed by atoms with E-state index < -0.39 is 17.8 Å². The lowest BCUT2D eigenvalue weighted by molar-refractivity contribution is -0.117. The van der Waals surface area contributed by atoms with E-state index in [1.165, 1.54) is 11.0 Å². The summed E-state index contributed by atoms with van der Waals surface area (Å²) in [6.45, 7) is 3.71. The first kappa shape index (κ1) is 26.9. The summed E-state index contributed by atoms with van der Waals surface area (Å²) in [5.74, 6) is -1.68. The maximum atomic E-state index is 14.0. The van der Waals surface area contributed by atoms with Gasteiger partial charge >= 0.3 is 0 Å². The van der Waals surface area contributed by atoms with Gasteiger partial charge < -0.3 is 20.3 Å². The van der Waals surface area contributed by atoms with E-state index in [9.17, 15) is 18.8 Å². The number of benzene rings is 3. The molecular weight excluding hydrogens is 529 g/mol. The maximum absolute atomic E-state index is 14.0. The van der Waals surface area contributed by atoms with Crippen molar-refractivity contribution in [3.05, 3.63) is 87.6 Å². The van der Waals surface area contributed by atoms with Gasteiger partial charge in [-0.3, -0.25) is 14.4 Å². The molecule has 0 unspecified atom stereocenters. The molecule has 0 aromatic heterocycles. The van der Waals surface area contributed by atoms with Crippen LogP contribution in [0.2, 0.25) is 0 Å². The van der Waals surface area contributed by atoms with Crippen molar-refractivity contribution < 1.29 is 23.5 Å². The van der Waals surface area contributed by atoms with E-state index in [1.807, 2.05) is 32.0 Å². The Hall–Kier alpha value is -3.72. The molecule has 0 saturated heterocycles. The molecule has 0 aliphatic carbocycles. The topological polar surface area (TPSA) is 87.7 Å². The predicted octanol–water partition coefficient (Wildman–Crippen LogP) is 4.66. The standard InChI is InChI=1S/C27H27BrFN3O4/c1-17-11-19(28)12-18(2)26(17)30-14-22(16-33)36-24-10-9-20(29)13-23(24)27(35)31-15-25(34)32(3)21-7-5-4-6-8-21/h4-13,16,22,30H,14-15H2,1-3H3,(H,31,35)/t22-/m1/s1. The summed E-state index contributed by atoms with van der Waals surface area (Å²) in [4.78, 5) is 38.5. The number of hydrogen-bond donors (Lipinski definition) is 2. The third kappa shape index (κ3) is 6.91. The Morgan fingerprint density at radius 2 is 1.75 bits per heavy atom. The largest absolute Gasteiger partial charge is 0.480 e. The molecule has 0 radical (unpaired) electrons. The highest BCUT2D eigenvalue weighted by Crippen LogP contribution is 2.26. The Morgan fingerprint density at radius 3 is 2.39 bits per heavy atom. The molecule has 0 heterocycles. The van der Waals surface area contributed by atoms with E-state index in [2.05, 4.69) is 26.6 Å². The Balaban J connectivity index is 1.68. The molecule has 2 N–H and O–H groups in total. The molecule has 3 aromatic rings. The van der Waals surface area contributed by atoms with E-state index in [0.29, 0.717) is 12.0 Å². The van der Waals surface area contributed by atoms with Gasteiger partial charge in [0.25, 0.3) is 5.91 Å². The molecule has 9 heteroatoms. The molecule has 0 saturated carbocycles. The number of carbonyl (C=O) groups is 3. The third-order valence-electron chi connectivity index (χ3n) is 5.51. The van der Waals surface area contributed by atoms with Crippen LogP contribution in [0.3, 0.4) is 0 Å². The molecule has 0 aliphatic rings. The number of aldehydes is 1. The predicted molar refractivity (Wildman–Crippen MR) is 141 cm³/mol. The highest BCUT2D eigenvalue weighted by molar-refractivity contribution is 9.10. The van der Waals surface area contributed by atoms with Gasteiger partial charge in [0, 0.05) is 22.9 Å². The van der Waals surface area contributed by atoms with Crippen LogP contribution in [0, 0.1) is 19.7 Å². The number of likely N-dealkylation sites (N-methyl/N-ethyl adjacent to an activating group) is 1. The normalized spacial score (nSPS) is 11.4. The zero-order valence-corrected chi connectivity index (χ0v) is 21.8. The van der Waals surface area contributed by atoms with Gasteiger partial charge in [0.15, 0.2) is 12.4 Å². The first-order valence-corrected chi connectivity index (χ1v) is 12.0. The van der Waals surface area contributed by atoms with E-state index in [1.54, 1.807) is 31.3 Å². The Morgan fingerprint density at radius 1 is 1.08 bits per heavy atom. The molecule has 36 heavy (non-hydrogen) atoms. The average Bonchev–Trinajstić information content (AvgIpc) is 2.86. The van der Waals surface area contributed by atoms with Crippen LogP contribution >= 0.6 is 15.9 Å². The second-order valence-corrected chi connectivity index (χ2v) is 9.12. The third-order valence-corrected chi connectivity index (χ3v) is 5.97. The van der Waals surface area contributed by atoms with Crippen molar-refractivity contribution in [1.29, 1.82) is 0 Å². The van der Waals surface area contributed by atoms with Gasteiger partial charge in [-0.05, 0) is 67.4 Å². The lowest BCUT2D eigenvalue weighted by Gasteiger charge is -2.20. The van der Waals surface area contributed by atoms with Gasteiger partial charge in [-0.15, -0.1) is 0 Å². The van der Waals surface area contributed by atoms with Crippen LogP contribution in [-0.2, 0) is 9.59 Å². The lowest BCUT2D eigenvalue weighted by atomic mass is 10.1. The molecule has 0 spiro atoms. The van der Waals surface area contributed by atoms with Crippen LogP contribution in [0.5, 0.6) is 5.75 Å². The van der Waals surface area contributed by atoms with E-state index in [-0.39, 0.29) is 30.3 Å². The van der Waals surface area contributed by atoms with Crippen molar-refractivity contribution in [3.63, 3.8) is 0 Å². The molecule has 1 atom stereocenters. The van der Waals surface area contributed by atoms with Crippen molar-refractivity contribution in [2.24, 2.45) is 0 Å². The minimum atomic E-state index is -0.949. The summed E-state index contributed by atoms with van der Waals surface area (Å²) in [6, 6.07) is 16.3. The fourth-order valence-corrected chi connectivity index (χ4v) is 4.31. The Labute approximate surface area is 217 Å². The maximum Gasteiger partial charge on any atom is 0.255 e. The molecule has 0 aliphatic heterocycles. The number of halogens is 2. The number of ether oxygens (including phenoxy) is 1. The van der Waals surface area contributed by atoms with Crippen LogP contribution in [0.4, 0.5) is 15.8 Å². The Bertz CT molecular complexity index is 1230. The molecule has 0 fully saturated rings. The summed E-state index contributed by atoms with van der Waals surface area (Å²) in [5, 5.41) is 5.71. The van der Waals surface area contributed by atoms with Crippen molar-refractivity contribution >= 4 is 45.4 Å². The molecule has 0 bridgehead atoms. The second-order valence-electron chi connectivity index (χ2n) is 8.20. The van der Waals surface area contributed by atoms with Crippen LogP contribution in [-0.4, -0.2) is 44.3 Å². The highest BCUT2D eigenvalue weighted by atomic mass is 79.9. The zero-order valence-electron chi connectivity index (χ0n) is 20.2.